The fourth-order valence-electron chi connectivity index (χ4n) is 4.92. The Morgan fingerprint density at radius 2 is 1.90 bits per heavy atom. The molecule has 3 aromatic heterocycles. The molecule has 6 rings (SSSR count). The highest BCUT2D eigenvalue weighted by Gasteiger charge is 2.24. The number of ether oxygens (including phenoxy) is 1. The van der Waals surface area contributed by atoms with E-state index in [9.17, 15) is 9.59 Å². The lowest BCUT2D eigenvalue weighted by Gasteiger charge is -2.35. The van der Waals surface area contributed by atoms with Gasteiger partial charge in [0.1, 0.15) is 23.3 Å². The van der Waals surface area contributed by atoms with Gasteiger partial charge in [0.2, 0.25) is 0 Å². The Bertz CT molecular complexity index is 1620. The first kappa shape index (κ1) is 24.6. The first-order chi connectivity index (χ1) is 19.1. The van der Waals surface area contributed by atoms with Gasteiger partial charge in [-0.2, -0.15) is 10.4 Å². The summed E-state index contributed by atoms with van der Waals surface area (Å²) >= 11 is 0. The van der Waals surface area contributed by atoms with Crippen LogP contribution in [0.5, 0.6) is 5.75 Å². The van der Waals surface area contributed by atoms with Crippen molar-refractivity contribution in [3.8, 4) is 11.8 Å². The van der Waals surface area contributed by atoms with E-state index in [1.807, 2.05) is 24.3 Å². The molecule has 1 N–H and O–H groups in total. The molecule has 10 heteroatoms. The van der Waals surface area contributed by atoms with E-state index >= 15 is 0 Å². The van der Waals surface area contributed by atoms with Crippen molar-refractivity contribution in [3.63, 3.8) is 0 Å². The molecule has 39 heavy (non-hydrogen) atoms. The van der Waals surface area contributed by atoms with Crippen molar-refractivity contribution in [1.29, 1.82) is 5.26 Å². The Balaban J connectivity index is 1.16. The highest BCUT2D eigenvalue weighted by atomic mass is 16.5. The lowest BCUT2D eigenvalue weighted by Crippen LogP contribution is -2.49. The van der Waals surface area contributed by atoms with Gasteiger partial charge in [-0.15, -0.1) is 0 Å². The second-order valence-electron chi connectivity index (χ2n) is 9.90. The van der Waals surface area contributed by atoms with Crippen LogP contribution in [0.2, 0.25) is 0 Å². The zero-order valence-electron chi connectivity index (χ0n) is 21.3. The third-order valence-electron chi connectivity index (χ3n) is 7.38. The zero-order chi connectivity index (χ0) is 26.8. The van der Waals surface area contributed by atoms with Crippen LogP contribution >= 0.6 is 0 Å². The third kappa shape index (κ3) is 5.16. The molecule has 1 amide bonds. The van der Waals surface area contributed by atoms with Crippen LogP contribution in [-0.4, -0.2) is 63.3 Å². The van der Waals surface area contributed by atoms with Gasteiger partial charge in [0.15, 0.2) is 0 Å². The van der Waals surface area contributed by atoms with Crippen LogP contribution in [-0.2, 0) is 6.42 Å². The lowest BCUT2D eigenvalue weighted by atomic mass is 9.96. The second kappa shape index (κ2) is 10.5. The standard InChI is InChI=1S/C29H27N7O3/c30-17-20-4-7-27(32-18-20)35-10-12-36(13-11-35)29(38)26-15-19(8-9-31-26)14-25-24-16-22(39-21-2-1-3-21)5-6-23(24)28(37)34-33-25/h4-9,15-16,18,21H,1-3,10-14H2,(H,34,37). The van der Waals surface area contributed by atoms with E-state index in [-0.39, 0.29) is 17.6 Å². The number of H-pyrrole nitrogens is 1. The van der Waals surface area contributed by atoms with Gasteiger partial charge in [0.05, 0.1) is 22.7 Å². The molecule has 0 bridgehead atoms. The topological polar surface area (TPSA) is 128 Å². The quantitative estimate of drug-likeness (QED) is 0.410. The van der Waals surface area contributed by atoms with Gasteiger partial charge in [-0.25, -0.2) is 10.1 Å². The van der Waals surface area contributed by atoms with Gasteiger partial charge in [-0.05, 0) is 67.3 Å². The monoisotopic (exact) mass is 521 g/mol. The number of carbonyl (C=O) groups is 1. The largest absolute Gasteiger partial charge is 0.490 e. The van der Waals surface area contributed by atoms with Crippen LogP contribution in [0.4, 0.5) is 5.82 Å². The Kier molecular flexibility index (Phi) is 6.63. The number of nitrogens with zero attached hydrogens (tertiary/aromatic N) is 6. The summed E-state index contributed by atoms with van der Waals surface area (Å²) in [7, 11) is 0. The molecule has 1 aliphatic carbocycles. The number of fused-ring (bicyclic) bond motifs is 1. The third-order valence-corrected chi connectivity index (χ3v) is 7.38. The van der Waals surface area contributed by atoms with Crippen molar-refractivity contribution in [2.45, 2.75) is 31.8 Å². The van der Waals surface area contributed by atoms with Crippen molar-refractivity contribution < 1.29 is 9.53 Å². The molecule has 196 valence electrons. The van der Waals surface area contributed by atoms with E-state index in [0.29, 0.717) is 54.9 Å². The van der Waals surface area contributed by atoms with Crippen molar-refractivity contribution in [2.24, 2.45) is 0 Å². The fraction of sp³-hybridized carbons (Fsp3) is 0.310. The Labute approximate surface area is 224 Å². The number of amides is 1. The van der Waals surface area contributed by atoms with Crippen LogP contribution in [0.25, 0.3) is 10.8 Å². The van der Waals surface area contributed by atoms with E-state index in [0.717, 1.165) is 35.4 Å². The summed E-state index contributed by atoms with van der Waals surface area (Å²) in [5, 5.41) is 17.2. The number of aromatic amines is 1. The molecule has 0 spiro atoms. The van der Waals surface area contributed by atoms with Crippen LogP contribution in [0.1, 0.15) is 46.6 Å². The number of pyridine rings is 2. The van der Waals surface area contributed by atoms with Crippen LogP contribution in [0.15, 0.2) is 59.7 Å². The van der Waals surface area contributed by atoms with Gasteiger partial charge in [0.25, 0.3) is 11.5 Å². The number of anilines is 1. The summed E-state index contributed by atoms with van der Waals surface area (Å²) in [4.78, 5) is 38.3. The van der Waals surface area contributed by atoms with E-state index < -0.39 is 0 Å². The number of piperazine rings is 1. The molecular weight excluding hydrogens is 494 g/mol. The molecule has 4 aromatic rings. The van der Waals surface area contributed by atoms with Crippen LogP contribution in [0, 0.1) is 11.3 Å². The van der Waals surface area contributed by atoms with E-state index in [1.165, 1.54) is 6.42 Å². The number of carbonyl (C=O) groups excluding carboxylic acids is 1. The van der Waals surface area contributed by atoms with Gasteiger partial charge < -0.3 is 14.5 Å². The van der Waals surface area contributed by atoms with E-state index in [4.69, 9.17) is 10.00 Å². The summed E-state index contributed by atoms with van der Waals surface area (Å²) in [6.07, 6.45) is 7.14. The summed E-state index contributed by atoms with van der Waals surface area (Å²) < 4.78 is 6.05. The molecule has 10 nitrogen and oxygen atoms in total. The number of nitrogens with one attached hydrogen (secondary N) is 1. The highest BCUT2D eigenvalue weighted by Crippen LogP contribution is 2.28. The van der Waals surface area contributed by atoms with Gasteiger partial charge in [-0.1, -0.05) is 0 Å². The van der Waals surface area contributed by atoms with E-state index in [2.05, 4.69) is 31.1 Å². The molecule has 2 aliphatic rings. The molecule has 4 heterocycles. The molecule has 1 aliphatic heterocycles. The Morgan fingerprint density at radius 1 is 1.05 bits per heavy atom. The number of aromatic nitrogens is 4. The first-order valence-electron chi connectivity index (χ1n) is 13.1. The number of hydrogen-bond donors (Lipinski definition) is 1. The molecule has 1 saturated carbocycles. The molecule has 1 saturated heterocycles. The van der Waals surface area contributed by atoms with Crippen LogP contribution < -0.4 is 15.2 Å². The number of hydrogen-bond acceptors (Lipinski definition) is 8. The second-order valence-corrected chi connectivity index (χ2v) is 9.90. The van der Waals surface area contributed by atoms with Gasteiger partial charge in [0, 0.05) is 50.4 Å². The maximum Gasteiger partial charge on any atom is 0.272 e. The SMILES string of the molecule is N#Cc1ccc(N2CCN(C(=O)c3cc(Cc4n[nH]c(=O)c5ccc(OC6CCC6)cc45)ccn3)CC2)nc1. The van der Waals surface area contributed by atoms with Crippen molar-refractivity contribution in [1.82, 2.24) is 25.1 Å². The number of nitriles is 1. The summed E-state index contributed by atoms with van der Waals surface area (Å²) in [6.45, 7) is 2.37. The predicted octanol–water partition coefficient (Wildman–Crippen LogP) is 3.07. The maximum absolute atomic E-state index is 13.3. The smallest absolute Gasteiger partial charge is 0.272 e. The van der Waals surface area contributed by atoms with E-state index in [1.54, 1.807) is 35.5 Å². The molecule has 0 radical (unpaired) electrons. The maximum atomic E-state index is 13.3. The summed E-state index contributed by atoms with van der Waals surface area (Å²) in [5.41, 5.74) is 2.23. The predicted molar refractivity (Wildman–Crippen MR) is 145 cm³/mol. The average Bonchev–Trinajstić information content (AvgIpc) is 2.96. The van der Waals surface area contributed by atoms with Gasteiger partial charge >= 0.3 is 0 Å². The lowest BCUT2D eigenvalue weighted by molar-refractivity contribution is 0.0740. The molecular formula is C29H27N7O3. The zero-order valence-corrected chi connectivity index (χ0v) is 21.3. The Morgan fingerprint density at radius 3 is 2.62 bits per heavy atom. The van der Waals surface area contributed by atoms with Crippen LogP contribution in [0.3, 0.4) is 0 Å². The van der Waals surface area contributed by atoms with Crippen molar-refractivity contribution >= 4 is 22.5 Å². The highest BCUT2D eigenvalue weighted by molar-refractivity contribution is 5.92. The molecule has 0 atom stereocenters. The Hall–Kier alpha value is -4.78. The van der Waals surface area contributed by atoms with Gasteiger partial charge in [-0.3, -0.25) is 14.6 Å². The normalized spacial score (nSPS) is 15.6. The molecule has 1 aromatic carbocycles. The minimum atomic E-state index is -0.245. The fourth-order valence-corrected chi connectivity index (χ4v) is 4.92. The average molecular weight is 522 g/mol. The molecule has 2 fully saturated rings. The number of benzene rings is 1. The van der Waals surface area contributed by atoms with Crippen molar-refractivity contribution in [2.75, 3.05) is 31.1 Å². The first-order valence-corrected chi connectivity index (χ1v) is 13.1. The molecule has 0 unspecified atom stereocenters. The number of rotatable bonds is 6. The summed E-state index contributed by atoms with van der Waals surface area (Å²) in [5.74, 6) is 1.41. The minimum absolute atomic E-state index is 0.125. The van der Waals surface area contributed by atoms with Crippen molar-refractivity contribution in [3.05, 3.63) is 87.7 Å². The summed E-state index contributed by atoms with van der Waals surface area (Å²) in [6, 6.07) is 14.8. The minimum Gasteiger partial charge on any atom is -0.490 e.